The molecule has 1 aromatic carbocycles. The van der Waals surface area contributed by atoms with E-state index < -0.39 is 0 Å². The van der Waals surface area contributed by atoms with Gasteiger partial charge in [-0.1, -0.05) is 18.2 Å². The predicted octanol–water partition coefficient (Wildman–Crippen LogP) is 1.83. The van der Waals surface area contributed by atoms with Crippen LogP contribution < -0.4 is 10.1 Å². The number of carbonyl (C=O) groups excluding carboxylic acids is 2. The van der Waals surface area contributed by atoms with Crippen molar-refractivity contribution in [2.75, 3.05) is 26.2 Å². The van der Waals surface area contributed by atoms with Crippen molar-refractivity contribution in [2.45, 2.75) is 12.5 Å². The number of benzene rings is 1. The molecule has 0 radical (unpaired) electrons. The Hall–Kier alpha value is -2.83. The van der Waals surface area contributed by atoms with Crippen LogP contribution in [-0.4, -0.2) is 59.1 Å². The molecule has 2 saturated heterocycles. The number of nitrogens with one attached hydrogen (secondary N) is 1. The van der Waals surface area contributed by atoms with Crippen LogP contribution in [0.5, 0.6) is 5.75 Å². The number of para-hydroxylation sites is 1. The number of pyridine rings is 1. The van der Waals surface area contributed by atoms with Gasteiger partial charge in [0.1, 0.15) is 17.4 Å². The van der Waals surface area contributed by atoms with Crippen molar-refractivity contribution >= 4 is 23.0 Å². The molecule has 1 N–H and O–H groups in total. The summed E-state index contributed by atoms with van der Waals surface area (Å²) in [7, 11) is 0. The van der Waals surface area contributed by atoms with E-state index in [4.69, 9.17) is 4.74 Å². The number of amides is 4. The number of fused-ring (bicyclic) bond motifs is 1. The Morgan fingerprint density at radius 1 is 1.25 bits per heavy atom. The topological polar surface area (TPSA) is 74.8 Å². The second kappa shape index (κ2) is 5.99. The van der Waals surface area contributed by atoms with Crippen LogP contribution in [0, 0.1) is 0 Å². The molecule has 1 atom stereocenters. The number of imide groups is 1. The van der Waals surface area contributed by atoms with Gasteiger partial charge in [0.05, 0.1) is 6.54 Å². The molecule has 7 nitrogen and oxygen atoms in total. The first kappa shape index (κ1) is 14.7. The van der Waals surface area contributed by atoms with Gasteiger partial charge in [-0.25, -0.2) is 14.5 Å². The zero-order valence-electron chi connectivity index (χ0n) is 13.1. The Bertz CT molecular complexity index is 789. The Labute approximate surface area is 139 Å². The van der Waals surface area contributed by atoms with Crippen LogP contribution >= 0.6 is 0 Å². The highest BCUT2D eigenvalue weighted by Crippen LogP contribution is 2.26. The average molecular weight is 326 g/mol. The largest absolute Gasteiger partial charge is 0.486 e. The molecule has 2 aliphatic heterocycles. The van der Waals surface area contributed by atoms with Crippen molar-refractivity contribution in [2.24, 2.45) is 0 Å². The average Bonchev–Trinajstić information content (AvgIpc) is 3.24. The number of aromatic nitrogens is 1. The fraction of sp³-hybridized carbons (Fsp3) is 0.353. The highest BCUT2D eigenvalue weighted by atomic mass is 16.5. The van der Waals surface area contributed by atoms with Gasteiger partial charge < -0.3 is 15.0 Å². The van der Waals surface area contributed by atoms with Crippen molar-refractivity contribution in [1.29, 1.82) is 0 Å². The van der Waals surface area contributed by atoms with E-state index in [-0.39, 0.29) is 18.2 Å². The van der Waals surface area contributed by atoms with Gasteiger partial charge in [-0.15, -0.1) is 0 Å². The first-order valence-electron chi connectivity index (χ1n) is 8.07. The van der Waals surface area contributed by atoms with Crippen LogP contribution in [0.2, 0.25) is 0 Å². The minimum Gasteiger partial charge on any atom is -0.486 e. The Morgan fingerprint density at radius 2 is 2.12 bits per heavy atom. The fourth-order valence-corrected chi connectivity index (χ4v) is 3.17. The standard InChI is InChI=1S/C17H18N4O3/c22-16-19-8-10-21(16)17(23)20-9-6-13(11-20)24-14-5-1-3-12-4-2-7-18-15(12)14/h1-5,7,13H,6,8-11H2,(H,19,22)/t13-/m0/s1. The highest BCUT2D eigenvalue weighted by molar-refractivity contribution is 5.95. The molecular weight excluding hydrogens is 308 g/mol. The van der Waals surface area contributed by atoms with Gasteiger partial charge in [-0.2, -0.15) is 0 Å². The summed E-state index contributed by atoms with van der Waals surface area (Å²) in [5.41, 5.74) is 0.823. The molecule has 124 valence electrons. The quantitative estimate of drug-likeness (QED) is 0.914. The monoisotopic (exact) mass is 326 g/mol. The summed E-state index contributed by atoms with van der Waals surface area (Å²) in [4.78, 5) is 31.3. The van der Waals surface area contributed by atoms with Crippen molar-refractivity contribution in [3.05, 3.63) is 36.5 Å². The molecule has 2 fully saturated rings. The number of ether oxygens (including phenoxy) is 1. The summed E-state index contributed by atoms with van der Waals surface area (Å²) in [6, 6.07) is 9.15. The van der Waals surface area contributed by atoms with Crippen molar-refractivity contribution < 1.29 is 14.3 Å². The molecule has 4 amide bonds. The summed E-state index contributed by atoms with van der Waals surface area (Å²) in [6.45, 7) is 2.00. The number of hydrogen-bond acceptors (Lipinski definition) is 4. The number of likely N-dealkylation sites (tertiary alicyclic amines) is 1. The third-order valence-corrected chi connectivity index (χ3v) is 4.39. The van der Waals surface area contributed by atoms with Crippen LogP contribution in [0.4, 0.5) is 9.59 Å². The molecule has 0 spiro atoms. The second-order valence-electron chi connectivity index (χ2n) is 5.97. The Kier molecular flexibility index (Phi) is 3.68. The third-order valence-electron chi connectivity index (χ3n) is 4.39. The van der Waals surface area contributed by atoms with Gasteiger partial charge in [0, 0.05) is 37.6 Å². The first-order valence-corrected chi connectivity index (χ1v) is 8.07. The third kappa shape index (κ3) is 2.62. The van der Waals surface area contributed by atoms with E-state index in [0.717, 1.165) is 23.1 Å². The van der Waals surface area contributed by atoms with E-state index in [2.05, 4.69) is 10.3 Å². The molecule has 3 heterocycles. The van der Waals surface area contributed by atoms with E-state index in [1.54, 1.807) is 11.1 Å². The van der Waals surface area contributed by atoms with Crippen LogP contribution in [0.25, 0.3) is 10.9 Å². The van der Waals surface area contributed by atoms with Crippen LogP contribution in [-0.2, 0) is 0 Å². The molecule has 0 aliphatic carbocycles. The molecule has 4 rings (SSSR count). The van der Waals surface area contributed by atoms with Gasteiger partial charge in [0.2, 0.25) is 0 Å². The van der Waals surface area contributed by atoms with E-state index >= 15 is 0 Å². The Balaban J connectivity index is 1.45. The van der Waals surface area contributed by atoms with Crippen molar-refractivity contribution in [3.63, 3.8) is 0 Å². The summed E-state index contributed by atoms with van der Waals surface area (Å²) in [6.07, 6.45) is 2.39. The number of nitrogens with zero attached hydrogens (tertiary/aromatic N) is 3. The maximum absolute atomic E-state index is 12.4. The van der Waals surface area contributed by atoms with Gasteiger partial charge in [-0.05, 0) is 12.1 Å². The molecule has 0 unspecified atom stereocenters. The summed E-state index contributed by atoms with van der Waals surface area (Å²) < 4.78 is 6.08. The lowest BCUT2D eigenvalue weighted by molar-refractivity contribution is 0.162. The molecule has 0 bridgehead atoms. The van der Waals surface area contributed by atoms with Gasteiger partial charge in [0.15, 0.2) is 0 Å². The lowest BCUT2D eigenvalue weighted by Crippen LogP contribution is -2.44. The summed E-state index contributed by atoms with van der Waals surface area (Å²) >= 11 is 0. The van der Waals surface area contributed by atoms with Gasteiger partial charge in [0.25, 0.3) is 0 Å². The second-order valence-corrected chi connectivity index (χ2v) is 5.97. The summed E-state index contributed by atoms with van der Waals surface area (Å²) in [5.74, 6) is 0.728. The maximum Gasteiger partial charge on any atom is 0.328 e. The van der Waals surface area contributed by atoms with Gasteiger partial charge >= 0.3 is 12.1 Å². The molecule has 2 aliphatic rings. The zero-order valence-corrected chi connectivity index (χ0v) is 13.1. The lowest BCUT2D eigenvalue weighted by atomic mass is 10.2. The first-order chi connectivity index (χ1) is 11.7. The van der Waals surface area contributed by atoms with E-state index in [9.17, 15) is 9.59 Å². The molecule has 24 heavy (non-hydrogen) atoms. The fourth-order valence-electron chi connectivity index (χ4n) is 3.17. The highest BCUT2D eigenvalue weighted by Gasteiger charge is 2.35. The number of rotatable bonds is 2. The van der Waals surface area contributed by atoms with Crippen molar-refractivity contribution in [1.82, 2.24) is 20.1 Å². The molecular formula is C17H18N4O3. The van der Waals surface area contributed by atoms with Gasteiger partial charge in [-0.3, -0.25) is 4.98 Å². The van der Waals surface area contributed by atoms with Crippen LogP contribution in [0.3, 0.4) is 0 Å². The Morgan fingerprint density at radius 3 is 2.96 bits per heavy atom. The van der Waals surface area contributed by atoms with Crippen LogP contribution in [0.1, 0.15) is 6.42 Å². The van der Waals surface area contributed by atoms with E-state index in [0.29, 0.717) is 26.2 Å². The number of urea groups is 2. The zero-order chi connectivity index (χ0) is 16.5. The molecule has 1 aromatic heterocycles. The van der Waals surface area contributed by atoms with Crippen molar-refractivity contribution in [3.8, 4) is 5.75 Å². The lowest BCUT2D eigenvalue weighted by Gasteiger charge is -2.22. The molecule has 7 heteroatoms. The predicted molar refractivity (Wildman–Crippen MR) is 87.8 cm³/mol. The summed E-state index contributed by atoms with van der Waals surface area (Å²) in [5, 5.41) is 3.67. The number of carbonyl (C=O) groups is 2. The molecule has 0 saturated carbocycles. The SMILES string of the molecule is O=C1NCCN1C(=O)N1CC[C@H](Oc2cccc3cccnc23)C1. The normalized spacial score (nSPS) is 20.5. The molecule has 2 aromatic rings. The maximum atomic E-state index is 12.4. The van der Waals surface area contributed by atoms with Crippen LogP contribution in [0.15, 0.2) is 36.5 Å². The number of hydrogen-bond donors (Lipinski definition) is 1. The van der Waals surface area contributed by atoms with E-state index in [1.807, 2.05) is 30.3 Å². The minimum absolute atomic E-state index is 0.0905. The minimum atomic E-state index is -0.317. The van der Waals surface area contributed by atoms with E-state index in [1.165, 1.54) is 4.90 Å². The smallest absolute Gasteiger partial charge is 0.328 e.